The van der Waals surface area contributed by atoms with E-state index < -0.39 is 10.8 Å². The van der Waals surface area contributed by atoms with E-state index in [1.807, 2.05) is 23.1 Å². The first-order valence-electron chi connectivity index (χ1n) is 29.1. The van der Waals surface area contributed by atoms with Crippen molar-refractivity contribution in [3.63, 3.8) is 0 Å². The summed E-state index contributed by atoms with van der Waals surface area (Å²) in [4.78, 5) is 5.28. The highest BCUT2D eigenvalue weighted by molar-refractivity contribution is 7.99. The molecule has 2 heterocycles. The summed E-state index contributed by atoms with van der Waals surface area (Å²) in [5, 5.41) is 2.58. The Morgan fingerprint density at radius 1 is 0.309 bits per heavy atom. The molecule has 2 spiro atoms. The van der Waals surface area contributed by atoms with Gasteiger partial charge in [-0.25, -0.2) is 0 Å². The Bertz CT molecular complexity index is 4370. The SMILES string of the molecule is CC(C)(C)c1ccc2c(c1)C1(c3cc(C(C)(C)C)ccc3S2)c2ccccc2-c2ccc(N(c3ccc4c(c3)C3(c5ccccc5-4)c4cc(C(C)(C)C)ccc4-c4ccc(C(C)(C)C)cc43)c3cccc4c3sc3ccccc34)cc21. The Kier molecular flexibility index (Phi) is 10.6. The summed E-state index contributed by atoms with van der Waals surface area (Å²) >= 11 is 3.85. The molecule has 0 N–H and O–H groups in total. The molecule has 0 amide bonds. The maximum Gasteiger partial charge on any atom is 0.0736 e. The number of anilines is 3. The maximum absolute atomic E-state index is 2.64. The number of nitrogens with zero attached hydrogens (tertiary/aromatic N) is 1. The zero-order chi connectivity index (χ0) is 55.9. The smallest absolute Gasteiger partial charge is 0.0736 e. The van der Waals surface area contributed by atoms with Crippen LogP contribution < -0.4 is 4.90 Å². The number of rotatable bonds is 3. The lowest BCUT2D eigenvalue weighted by Crippen LogP contribution is -2.33. The zero-order valence-electron chi connectivity index (χ0n) is 48.8. The Balaban J connectivity index is 1.05. The first kappa shape index (κ1) is 50.5. The maximum atomic E-state index is 2.64. The van der Waals surface area contributed by atoms with Crippen molar-refractivity contribution in [3.8, 4) is 33.4 Å². The van der Waals surface area contributed by atoms with E-state index >= 15 is 0 Å². The molecule has 0 radical (unpaired) electrons. The number of benzene rings is 10. The predicted molar refractivity (Wildman–Crippen MR) is 347 cm³/mol. The molecule has 398 valence electrons. The molecule has 0 atom stereocenters. The van der Waals surface area contributed by atoms with Gasteiger partial charge in [0.05, 0.1) is 21.2 Å². The fourth-order valence-electron chi connectivity index (χ4n) is 14.6. The van der Waals surface area contributed by atoms with Gasteiger partial charge in [-0.1, -0.05) is 247 Å². The Morgan fingerprint density at radius 2 is 0.679 bits per heavy atom. The Hall–Kier alpha value is -7.43. The fraction of sp³-hybridized carbons (Fsp3) is 0.231. The molecule has 1 aliphatic heterocycles. The Morgan fingerprint density at radius 3 is 1.16 bits per heavy atom. The number of hydrogen-bond donors (Lipinski definition) is 0. The van der Waals surface area contributed by atoms with Crippen molar-refractivity contribution in [2.45, 2.75) is 125 Å². The minimum atomic E-state index is -0.591. The molecule has 3 heteroatoms. The number of fused-ring (bicyclic) bond motifs is 22. The van der Waals surface area contributed by atoms with Gasteiger partial charge in [0.15, 0.2) is 0 Å². The Labute approximate surface area is 487 Å². The van der Waals surface area contributed by atoms with Crippen molar-refractivity contribution >= 4 is 60.3 Å². The molecule has 4 aliphatic rings. The molecule has 0 saturated heterocycles. The average molecular weight is 1080 g/mol. The van der Waals surface area contributed by atoms with E-state index in [0.29, 0.717) is 0 Å². The minimum Gasteiger partial charge on any atom is -0.309 e. The highest BCUT2D eigenvalue weighted by Gasteiger charge is 2.54. The molecule has 0 bridgehead atoms. The van der Waals surface area contributed by atoms with Crippen LogP contribution in [-0.2, 0) is 32.5 Å². The van der Waals surface area contributed by atoms with Crippen molar-refractivity contribution in [1.82, 2.24) is 0 Å². The number of thiophene rings is 1. The van der Waals surface area contributed by atoms with Crippen LogP contribution in [0.3, 0.4) is 0 Å². The second-order valence-corrected chi connectivity index (χ2v) is 29.8. The molecule has 3 aliphatic carbocycles. The first-order valence-corrected chi connectivity index (χ1v) is 30.8. The van der Waals surface area contributed by atoms with Crippen molar-refractivity contribution < 1.29 is 0 Å². The van der Waals surface area contributed by atoms with E-state index in [9.17, 15) is 0 Å². The topological polar surface area (TPSA) is 3.24 Å². The van der Waals surface area contributed by atoms with Gasteiger partial charge in [-0.2, -0.15) is 0 Å². The van der Waals surface area contributed by atoms with Gasteiger partial charge in [0.1, 0.15) is 0 Å². The van der Waals surface area contributed by atoms with Crippen molar-refractivity contribution in [2.24, 2.45) is 0 Å². The standard InChI is InChI=1S/C78H69NS2/c1-73(2,3)46-28-34-54-55-35-29-47(74(4,5)6)41-63(55)77(62(54)40-46)60-24-16-13-20-52(60)56-36-32-50(44-64(56)77)79(68-26-19-23-59-58-22-15-18-27-69(58)81-72(59)68)51-33-37-57-53-21-14-17-25-61(53)78(65(57)45-51)66-42-48(75(7,8)9)30-38-70(66)80-71-39-31-49(43-67(71)78)76(10,11)12/h13-45H,1-12H3. The molecule has 1 nitrogen and oxygen atoms in total. The molecular formula is C78H69NS2. The largest absolute Gasteiger partial charge is 0.309 e. The summed E-state index contributed by atoms with van der Waals surface area (Å²) < 4.78 is 2.58. The summed E-state index contributed by atoms with van der Waals surface area (Å²) in [6, 6.07) is 79.2. The highest BCUT2D eigenvalue weighted by Crippen LogP contribution is 2.66. The van der Waals surface area contributed by atoms with Gasteiger partial charge in [-0.3, -0.25) is 0 Å². The fourth-order valence-corrected chi connectivity index (χ4v) is 16.9. The molecule has 10 aromatic carbocycles. The van der Waals surface area contributed by atoms with Crippen LogP contribution in [0.4, 0.5) is 17.1 Å². The van der Waals surface area contributed by atoms with Crippen molar-refractivity contribution in [2.75, 3.05) is 4.90 Å². The van der Waals surface area contributed by atoms with Gasteiger partial charge in [0.2, 0.25) is 0 Å². The van der Waals surface area contributed by atoms with Crippen LogP contribution in [0.25, 0.3) is 53.6 Å². The summed E-state index contributed by atoms with van der Waals surface area (Å²) in [5.74, 6) is 0. The summed E-state index contributed by atoms with van der Waals surface area (Å²) in [6.07, 6.45) is 0. The van der Waals surface area contributed by atoms with Crippen LogP contribution in [0.5, 0.6) is 0 Å². The second-order valence-electron chi connectivity index (χ2n) is 27.7. The molecule has 81 heavy (non-hydrogen) atoms. The lowest BCUT2D eigenvalue weighted by Gasteiger charge is -2.41. The van der Waals surface area contributed by atoms with E-state index in [-0.39, 0.29) is 21.7 Å². The predicted octanol–water partition coefficient (Wildman–Crippen LogP) is 21.9. The normalized spacial score (nSPS) is 15.1. The average Bonchev–Trinajstić information content (AvgIpc) is 4.00. The summed E-state index contributed by atoms with van der Waals surface area (Å²) in [6.45, 7) is 28.3. The van der Waals surface area contributed by atoms with Gasteiger partial charge in [0.25, 0.3) is 0 Å². The van der Waals surface area contributed by atoms with Crippen LogP contribution >= 0.6 is 23.1 Å². The van der Waals surface area contributed by atoms with E-state index in [1.165, 1.54) is 136 Å². The van der Waals surface area contributed by atoms with Gasteiger partial charge < -0.3 is 4.90 Å². The van der Waals surface area contributed by atoms with E-state index in [2.05, 4.69) is 288 Å². The molecule has 11 aromatic rings. The molecule has 0 saturated carbocycles. The third kappa shape index (κ3) is 7.10. The third-order valence-electron chi connectivity index (χ3n) is 18.8. The van der Waals surface area contributed by atoms with Gasteiger partial charge in [-0.05, 0) is 170 Å². The van der Waals surface area contributed by atoms with E-state index in [0.717, 1.165) is 11.4 Å². The molecular weight excluding hydrogens is 1010 g/mol. The van der Waals surface area contributed by atoms with Gasteiger partial charge in [-0.15, -0.1) is 11.3 Å². The van der Waals surface area contributed by atoms with Crippen LogP contribution in [0.1, 0.15) is 150 Å². The quantitative estimate of drug-likeness (QED) is 0.173. The first-order chi connectivity index (χ1) is 38.7. The number of hydrogen-bond acceptors (Lipinski definition) is 3. The van der Waals surface area contributed by atoms with E-state index in [4.69, 9.17) is 0 Å². The zero-order valence-corrected chi connectivity index (χ0v) is 50.4. The minimum absolute atomic E-state index is 0.0463. The van der Waals surface area contributed by atoms with Crippen LogP contribution in [-0.4, -0.2) is 0 Å². The van der Waals surface area contributed by atoms with Crippen molar-refractivity contribution in [3.05, 3.63) is 267 Å². The molecule has 0 unspecified atom stereocenters. The van der Waals surface area contributed by atoms with E-state index in [1.54, 1.807) is 0 Å². The lowest BCUT2D eigenvalue weighted by atomic mass is 9.65. The summed E-state index contributed by atoms with van der Waals surface area (Å²) in [7, 11) is 0. The lowest BCUT2D eigenvalue weighted by molar-refractivity contribution is 0.581. The third-order valence-corrected chi connectivity index (χ3v) is 21.1. The molecule has 15 rings (SSSR count). The van der Waals surface area contributed by atoms with Gasteiger partial charge in [0, 0.05) is 36.6 Å². The highest BCUT2D eigenvalue weighted by atomic mass is 32.2. The van der Waals surface area contributed by atoms with Crippen LogP contribution in [0, 0.1) is 0 Å². The van der Waals surface area contributed by atoms with Gasteiger partial charge >= 0.3 is 0 Å². The summed E-state index contributed by atoms with van der Waals surface area (Å²) in [5.41, 5.74) is 26.3. The second kappa shape index (κ2) is 17.1. The molecule has 1 aromatic heterocycles. The molecule has 0 fully saturated rings. The van der Waals surface area contributed by atoms with Crippen LogP contribution in [0.15, 0.2) is 210 Å². The van der Waals surface area contributed by atoms with Crippen molar-refractivity contribution in [1.29, 1.82) is 0 Å². The van der Waals surface area contributed by atoms with Crippen LogP contribution in [0.2, 0.25) is 0 Å². The monoisotopic (exact) mass is 1080 g/mol.